The molecular weight excluding hydrogens is 278 g/mol. The van der Waals surface area contributed by atoms with Gasteiger partial charge in [-0.25, -0.2) is 0 Å². The summed E-state index contributed by atoms with van der Waals surface area (Å²) in [7, 11) is 1.68. The minimum atomic E-state index is -0.348. The maximum atomic E-state index is 13.0. The number of amides is 1. The number of benzene rings is 1. The number of rotatable bonds is 6. The lowest BCUT2D eigenvalue weighted by Gasteiger charge is -2.41. The maximum absolute atomic E-state index is 13.0. The summed E-state index contributed by atoms with van der Waals surface area (Å²) in [6.45, 7) is 6.53. The van der Waals surface area contributed by atoms with Crippen molar-refractivity contribution in [3.05, 3.63) is 35.9 Å². The lowest BCUT2D eigenvalue weighted by molar-refractivity contribution is -0.148. The lowest BCUT2D eigenvalue weighted by Crippen LogP contribution is -2.53. The molecule has 1 aromatic rings. The van der Waals surface area contributed by atoms with E-state index in [4.69, 9.17) is 9.47 Å². The zero-order valence-corrected chi connectivity index (χ0v) is 13.9. The van der Waals surface area contributed by atoms with Gasteiger partial charge in [-0.1, -0.05) is 30.3 Å². The van der Waals surface area contributed by atoms with E-state index in [2.05, 4.69) is 26.0 Å². The van der Waals surface area contributed by atoms with Gasteiger partial charge in [-0.05, 0) is 32.3 Å². The van der Waals surface area contributed by atoms with E-state index in [-0.39, 0.29) is 17.4 Å². The van der Waals surface area contributed by atoms with Crippen molar-refractivity contribution < 1.29 is 14.3 Å². The summed E-state index contributed by atoms with van der Waals surface area (Å²) in [6, 6.07) is 10.1. The predicted molar refractivity (Wildman–Crippen MR) is 86.5 cm³/mol. The van der Waals surface area contributed by atoms with Crippen molar-refractivity contribution in [1.29, 1.82) is 0 Å². The number of hydrogen-bond donors (Lipinski definition) is 0. The molecule has 22 heavy (non-hydrogen) atoms. The molecule has 0 unspecified atom stereocenters. The molecule has 1 heterocycles. The molecule has 0 radical (unpaired) electrons. The first-order chi connectivity index (χ1) is 10.5. The van der Waals surface area contributed by atoms with Gasteiger partial charge >= 0.3 is 0 Å². The predicted octanol–water partition coefficient (Wildman–Crippen LogP) is 2.87. The van der Waals surface area contributed by atoms with Crippen molar-refractivity contribution in [2.24, 2.45) is 5.92 Å². The minimum Gasteiger partial charge on any atom is -0.382 e. The van der Waals surface area contributed by atoms with Crippen molar-refractivity contribution in [1.82, 2.24) is 4.90 Å². The summed E-state index contributed by atoms with van der Waals surface area (Å²) >= 11 is 0. The molecule has 1 aliphatic heterocycles. The van der Waals surface area contributed by atoms with Crippen molar-refractivity contribution in [3.8, 4) is 0 Å². The fourth-order valence-corrected chi connectivity index (χ4v) is 2.94. The van der Waals surface area contributed by atoms with E-state index in [1.807, 2.05) is 23.1 Å². The highest BCUT2D eigenvalue weighted by molar-refractivity contribution is 5.80. The second-order valence-electron chi connectivity index (χ2n) is 6.57. The fourth-order valence-electron chi connectivity index (χ4n) is 2.94. The first-order valence-corrected chi connectivity index (χ1v) is 7.96. The average molecular weight is 305 g/mol. The molecule has 0 saturated carbocycles. The third-order valence-corrected chi connectivity index (χ3v) is 4.19. The van der Waals surface area contributed by atoms with Gasteiger partial charge in [-0.3, -0.25) is 4.79 Å². The smallest absolute Gasteiger partial charge is 0.228 e. The number of ether oxygens (including phenoxy) is 2. The van der Waals surface area contributed by atoms with Crippen molar-refractivity contribution in [2.75, 3.05) is 26.9 Å². The Kier molecular flexibility index (Phi) is 5.98. The molecule has 0 aliphatic carbocycles. The first-order valence-electron chi connectivity index (χ1n) is 7.96. The standard InChI is InChI=1S/C18H27NO3/c1-18(2,14-21-3)19(12-15-8-5-4-6-9-15)17(20)16-10-7-11-22-13-16/h4-6,8-9,16H,7,10-14H2,1-3H3/t16-/m0/s1. The summed E-state index contributed by atoms with van der Waals surface area (Å²) in [6.07, 6.45) is 1.87. The lowest BCUT2D eigenvalue weighted by atomic mass is 9.95. The zero-order chi connectivity index (χ0) is 16.0. The van der Waals surface area contributed by atoms with Crippen LogP contribution in [0.5, 0.6) is 0 Å². The van der Waals surface area contributed by atoms with Crippen molar-refractivity contribution in [3.63, 3.8) is 0 Å². The van der Waals surface area contributed by atoms with Crippen LogP contribution in [-0.4, -0.2) is 43.3 Å². The molecule has 0 bridgehead atoms. The van der Waals surface area contributed by atoms with Crippen molar-refractivity contribution >= 4 is 5.91 Å². The van der Waals surface area contributed by atoms with Crippen LogP contribution in [-0.2, 0) is 20.8 Å². The van der Waals surface area contributed by atoms with E-state index in [1.54, 1.807) is 7.11 Å². The third kappa shape index (κ3) is 4.31. The number of carbonyl (C=O) groups excluding carboxylic acids is 1. The first kappa shape index (κ1) is 17.0. The molecule has 0 aromatic heterocycles. The van der Waals surface area contributed by atoms with Gasteiger partial charge in [-0.15, -0.1) is 0 Å². The molecule has 2 rings (SSSR count). The second-order valence-corrected chi connectivity index (χ2v) is 6.57. The molecule has 4 heteroatoms. The minimum absolute atomic E-state index is 0.0337. The highest BCUT2D eigenvalue weighted by Gasteiger charge is 2.35. The Balaban J connectivity index is 2.18. The monoisotopic (exact) mass is 305 g/mol. The van der Waals surface area contributed by atoms with Gasteiger partial charge in [0, 0.05) is 20.3 Å². The molecule has 1 fully saturated rings. The molecule has 1 atom stereocenters. The van der Waals surface area contributed by atoms with E-state index < -0.39 is 0 Å². The van der Waals surface area contributed by atoms with Gasteiger partial charge < -0.3 is 14.4 Å². The Labute approximate surface area is 133 Å². The van der Waals surface area contributed by atoms with Crippen LogP contribution in [0.25, 0.3) is 0 Å². The Bertz CT molecular complexity index is 466. The van der Waals surface area contributed by atoms with E-state index in [1.165, 1.54) is 0 Å². The quantitative estimate of drug-likeness (QED) is 0.811. The highest BCUT2D eigenvalue weighted by Crippen LogP contribution is 2.25. The van der Waals surface area contributed by atoms with Crippen LogP contribution in [0.15, 0.2) is 30.3 Å². The van der Waals surface area contributed by atoms with Gasteiger partial charge in [0.05, 0.1) is 24.7 Å². The summed E-state index contributed by atoms with van der Waals surface area (Å²) in [5.74, 6) is 0.138. The van der Waals surface area contributed by atoms with Crippen LogP contribution in [0.1, 0.15) is 32.3 Å². The second kappa shape index (κ2) is 7.75. The Morgan fingerprint density at radius 3 is 2.68 bits per heavy atom. The highest BCUT2D eigenvalue weighted by atomic mass is 16.5. The van der Waals surface area contributed by atoms with Crippen LogP contribution < -0.4 is 0 Å². The molecule has 4 nitrogen and oxygen atoms in total. The molecule has 1 aromatic carbocycles. The molecular formula is C18H27NO3. The number of nitrogens with zero attached hydrogens (tertiary/aromatic N) is 1. The molecule has 1 aliphatic rings. The fraction of sp³-hybridized carbons (Fsp3) is 0.611. The Morgan fingerprint density at radius 1 is 1.36 bits per heavy atom. The third-order valence-electron chi connectivity index (χ3n) is 4.19. The van der Waals surface area contributed by atoms with Gasteiger partial charge in [0.15, 0.2) is 0 Å². The normalized spacial score (nSPS) is 19.0. The van der Waals surface area contributed by atoms with Crippen LogP contribution in [0.4, 0.5) is 0 Å². The summed E-state index contributed by atoms with van der Waals surface area (Å²) in [5, 5.41) is 0. The summed E-state index contributed by atoms with van der Waals surface area (Å²) < 4.78 is 10.8. The van der Waals surface area contributed by atoms with E-state index in [9.17, 15) is 4.79 Å². The van der Waals surface area contributed by atoms with Crippen LogP contribution in [0.2, 0.25) is 0 Å². The molecule has 1 amide bonds. The van der Waals surface area contributed by atoms with Crippen LogP contribution >= 0.6 is 0 Å². The SMILES string of the molecule is COCC(C)(C)N(Cc1ccccc1)C(=O)[C@H]1CCCOC1. The van der Waals surface area contributed by atoms with Crippen LogP contribution in [0, 0.1) is 5.92 Å². The topological polar surface area (TPSA) is 38.8 Å². The molecule has 0 N–H and O–H groups in total. The van der Waals surface area contributed by atoms with Gasteiger partial charge in [0.25, 0.3) is 0 Å². The summed E-state index contributed by atoms with van der Waals surface area (Å²) in [4.78, 5) is 15.0. The van der Waals surface area contributed by atoms with Crippen LogP contribution in [0.3, 0.4) is 0 Å². The van der Waals surface area contributed by atoms with E-state index in [0.717, 1.165) is 25.0 Å². The molecule has 1 saturated heterocycles. The average Bonchev–Trinajstić information content (AvgIpc) is 2.53. The number of carbonyl (C=O) groups is 1. The van der Waals surface area contributed by atoms with Crippen molar-refractivity contribution in [2.45, 2.75) is 38.8 Å². The number of methoxy groups -OCH3 is 1. The van der Waals surface area contributed by atoms with Gasteiger partial charge in [0.1, 0.15) is 0 Å². The Hall–Kier alpha value is -1.39. The number of hydrogen-bond acceptors (Lipinski definition) is 3. The molecule has 0 spiro atoms. The van der Waals surface area contributed by atoms with Gasteiger partial charge in [0.2, 0.25) is 5.91 Å². The zero-order valence-electron chi connectivity index (χ0n) is 13.9. The molecule has 122 valence electrons. The maximum Gasteiger partial charge on any atom is 0.228 e. The van der Waals surface area contributed by atoms with E-state index in [0.29, 0.717) is 19.8 Å². The summed E-state index contributed by atoms with van der Waals surface area (Å²) in [5.41, 5.74) is 0.788. The largest absolute Gasteiger partial charge is 0.382 e. The Morgan fingerprint density at radius 2 is 2.09 bits per heavy atom. The van der Waals surface area contributed by atoms with Gasteiger partial charge in [-0.2, -0.15) is 0 Å². The van der Waals surface area contributed by atoms with E-state index >= 15 is 0 Å².